The number of piperidine rings is 1. The molecule has 0 unspecified atom stereocenters. The minimum atomic E-state index is 0.498. The summed E-state index contributed by atoms with van der Waals surface area (Å²) in [5.74, 6) is 1.55. The number of rotatable bonds is 3. The van der Waals surface area contributed by atoms with E-state index in [1.165, 1.54) is 6.33 Å². The summed E-state index contributed by atoms with van der Waals surface area (Å²) in [5.41, 5.74) is 0.954. The third-order valence-corrected chi connectivity index (χ3v) is 4.83. The van der Waals surface area contributed by atoms with Crippen molar-refractivity contribution in [3.63, 3.8) is 0 Å². The van der Waals surface area contributed by atoms with Gasteiger partial charge in [0, 0.05) is 31.7 Å². The molecule has 3 heterocycles. The Labute approximate surface area is 129 Å². The lowest BCUT2D eigenvalue weighted by Crippen LogP contribution is -2.44. The van der Waals surface area contributed by atoms with E-state index in [4.69, 9.17) is 11.6 Å². The molecule has 0 atom stereocenters. The minimum Gasteiger partial charge on any atom is -0.356 e. The Hall–Kier alpha value is -1.40. The molecule has 1 saturated heterocycles. The van der Waals surface area contributed by atoms with Crippen molar-refractivity contribution in [1.29, 1.82) is 0 Å². The van der Waals surface area contributed by atoms with E-state index in [2.05, 4.69) is 38.8 Å². The number of halogens is 1. The van der Waals surface area contributed by atoms with Gasteiger partial charge in [-0.2, -0.15) is 19.6 Å². The van der Waals surface area contributed by atoms with Crippen molar-refractivity contribution >= 4 is 23.2 Å². The maximum atomic E-state index is 6.25. The predicted molar refractivity (Wildman–Crippen MR) is 84.1 cm³/mol. The van der Waals surface area contributed by atoms with Gasteiger partial charge in [0.1, 0.15) is 17.3 Å². The van der Waals surface area contributed by atoms with E-state index >= 15 is 0 Å². The largest absolute Gasteiger partial charge is 0.356 e. The lowest BCUT2D eigenvalue weighted by atomic mass is 10.0. The zero-order valence-electron chi connectivity index (χ0n) is 12.8. The van der Waals surface area contributed by atoms with Crippen LogP contribution in [0.1, 0.15) is 25.3 Å². The van der Waals surface area contributed by atoms with Gasteiger partial charge in [-0.05, 0) is 26.3 Å². The highest BCUT2D eigenvalue weighted by atomic mass is 35.5. The molecule has 0 spiro atoms. The SMILES string of the molecule is CCN1CCC(N(C)c2c(C)c(Cl)nc3ncnn23)CC1. The van der Waals surface area contributed by atoms with Gasteiger partial charge in [-0.3, -0.25) is 0 Å². The second-order valence-electron chi connectivity index (χ2n) is 5.60. The molecule has 3 rings (SSSR count). The third-order valence-electron chi connectivity index (χ3n) is 4.46. The van der Waals surface area contributed by atoms with Crippen molar-refractivity contribution in [2.75, 3.05) is 31.6 Å². The molecule has 21 heavy (non-hydrogen) atoms. The van der Waals surface area contributed by atoms with Crippen LogP contribution in [0.5, 0.6) is 0 Å². The fourth-order valence-corrected chi connectivity index (χ4v) is 3.25. The highest BCUT2D eigenvalue weighted by Gasteiger charge is 2.25. The molecule has 2 aromatic rings. The zero-order chi connectivity index (χ0) is 15.0. The summed E-state index contributed by atoms with van der Waals surface area (Å²) < 4.78 is 1.79. The number of hydrogen-bond acceptors (Lipinski definition) is 5. The number of nitrogens with zero attached hydrogens (tertiary/aromatic N) is 6. The van der Waals surface area contributed by atoms with Crippen LogP contribution in [0.15, 0.2) is 6.33 Å². The van der Waals surface area contributed by atoms with E-state index in [1.807, 2.05) is 6.92 Å². The van der Waals surface area contributed by atoms with E-state index in [0.717, 1.165) is 43.9 Å². The van der Waals surface area contributed by atoms with Gasteiger partial charge in [0.05, 0.1) is 0 Å². The van der Waals surface area contributed by atoms with Gasteiger partial charge < -0.3 is 9.80 Å². The third kappa shape index (κ3) is 2.58. The van der Waals surface area contributed by atoms with Crippen LogP contribution < -0.4 is 4.90 Å². The van der Waals surface area contributed by atoms with E-state index in [9.17, 15) is 0 Å². The van der Waals surface area contributed by atoms with Crippen LogP contribution in [0.3, 0.4) is 0 Å². The maximum Gasteiger partial charge on any atom is 0.255 e. The fourth-order valence-electron chi connectivity index (χ4n) is 3.09. The molecular weight excluding hydrogens is 288 g/mol. The molecule has 6 nitrogen and oxygen atoms in total. The summed E-state index contributed by atoms with van der Waals surface area (Å²) in [5, 5.41) is 4.80. The molecule has 1 aliphatic rings. The van der Waals surface area contributed by atoms with Crippen LogP contribution in [0.25, 0.3) is 5.78 Å². The standard InChI is InChI=1S/C14H21ClN6/c1-4-20-7-5-11(6-8-20)19(3)13-10(2)12(15)18-14-16-9-17-21(13)14/h9,11H,4-8H2,1-3H3. The normalized spacial score (nSPS) is 17.5. The summed E-state index contributed by atoms with van der Waals surface area (Å²) in [6, 6.07) is 0.498. The highest BCUT2D eigenvalue weighted by molar-refractivity contribution is 6.30. The maximum absolute atomic E-state index is 6.25. The summed E-state index contributed by atoms with van der Waals surface area (Å²) >= 11 is 6.25. The van der Waals surface area contributed by atoms with Crippen LogP contribution >= 0.6 is 11.6 Å². The Bertz CT molecular complexity index is 632. The van der Waals surface area contributed by atoms with E-state index in [0.29, 0.717) is 17.0 Å². The quantitative estimate of drug-likeness (QED) is 0.812. The van der Waals surface area contributed by atoms with Crippen molar-refractivity contribution < 1.29 is 0 Å². The van der Waals surface area contributed by atoms with E-state index in [1.54, 1.807) is 4.52 Å². The van der Waals surface area contributed by atoms with Crippen LogP contribution in [-0.2, 0) is 0 Å². The zero-order valence-corrected chi connectivity index (χ0v) is 13.5. The fraction of sp³-hybridized carbons (Fsp3) is 0.643. The lowest BCUT2D eigenvalue weighted by Gasteiger charge is -2.37. The molecule has 0 N–H and O–H groups in total. The number of fused-ring (bicyclic) bond motifs is 1. The highest BCUT2D eigenvalue weighted by Crippen LogP contribution is 2.28. The molecule has 0 aromatic carbocycles. The summed E-state index contributed by atoms with van der Waals surface area (Å²) in [6.07, 6.45) is 3.83. The first kappa shape index (κ1) is 14.5. The molecule has 0 aliphatic carbocycles. The number of anilines is 1. The van der Waals surface area contributed by atoms with Crippen LogP contribution in [0.4, 0.5) is 5.82 Å². The monoisotopic (exact) mass is 308 g/mol. The Morgan fingerprint density at radius 1 is 1.38 bits per heavy atom. The molecular formula is C14H21ClN6. The predicted octanol–water partition coefficient (Wildman–Crippen LogP) is 2.01. The van der Waals surface area contributed by atoms with Gasteiger partial charge in [-0.25, -0.2) is 0 Å². The van der Waals surface area contributed by atoms with Gasteiger partial charge in [0.2, 0.25) is 0 Å². The second kappa shape index (κ2) is 5.77. The molecule has 114 valence electrons. The average Bonchev–Trinajstić information content (AvgIpc) is 2.95. The topological polar surface area (TPSA) is 49.6 Å². The van der Waals surface area contributed by atoms with Crippen molar-refractivity contribution in [1.82, 2.24) is 24.5 Å². The molecule has 2 aromatic heterocycles. The first-order valence-corrected chi connectivity index (χ1v) is 7.80. The van der Waals surface area contributed by atoms with Gasteiger partial charge in [0.15, 0.2) is 0 Å². The van der Waals surface area contributed by atoms with Crippen LogP contribution in [0.2, 0.25) is 5.15 Å². The van der Waals surface area contributed by atoms with Crippen LogP contribution in [0, 0.1) is 6.92 Å². The van der Waals surface area contributed by atoms with Gasteiger partial charge in [0.25, 0.3) is 5.78 Å². The van der Waals surface area contributed by atoms with E-state index < -0.39 is 0 Å². The first-order chi connectivity index (χ1) is 10.1. The molecule has 1 aliphatic heterocycles. The van der Waals surface area contributed by atoms with Crippen molar-refractivity contribution in [3.8, 4) is 0 Å². The van der Waals surface area contributed by atoms with Crippen molar-refractivity contribution in [3.05, 3.63) is 17.0 Å². The van der Waals surface area contributed by atoms with Crippen molar-refractivity contribution in [2.45, 2.75) is 32.7 Å². The number of aromatic nitrogens is 4. The van der Waals surface area contributed by atoms with Crippen LogP contribution in [-0.4, -0.2) is 57.2 Å². The van der Waals surface area contributed by atoms with E-state index in [-0.39, 0.29) is 0 Å². The van der Waals surface area contributed by atoms with Gasteiger partial charge >= 0.3 is 0 Å². The molecule has 0 bridgehead atoms. The Balaban J connectivity index is 1.93. The molecule has 7 heteroatoms. The van der Waals surface area contributed by atoms with Gasteiger partial charge in [-0.1, -0.05) is 18.5 Å². The smallest absolute Gasteiger partial charge is 0.255 e. The first-order valence-electron chi connectivity index (χ1n) is 7.42. The molecule has 0 amide bonds. The molecule has 0 radical (unpaired) electrons. The number of hydrogen-bond donors (Lipinski definition) is 0. The summed E-state index contributed by atoms with van der Waals surface area (Å²) in [4.78, 5) is 13.2. The van der Waals surface area contributed by atoms with Gasteiger partial charge in [-0.15, -0.1) is 0 Å². The number of likely N-dealkylation sites (tertiary alicyclic amines) is 1. The Morgan fingerprint density at radius 3 is 2.76 bits per heavy atom. The second-order valence-corrected chi connectivity index (χ2v) is 5.96. The average molecular weight is 309 g/mol. The Kier molecular flexibility index (Phi) is 3.99. The Morgan fingerprint density at radius 2 is 2.10 bits per heavy atom. The summed E-state index contributed by atoms with van der Waals surface area (Å²) in [6.45, 7) is 7.62. The minimum absolute atomic E-state index is 0.498. The van der Waals surface area contributed by atoms with Crippen molar-refractivity contribution in [2.24, 2.45) is 0 Å². The summed E-state index contributed by atoms with van der Waals surface area (Å²) in [7, 11) is 2.12. The lowest BCUT2D eigenvalue weighted by molar-refractivity contribution is 0.220. The molecule has 1 fully saturated rings. The molecule has 0 saturated carbocycles.